The number of carboxylic acids is 1. The van der Waals surface area contributed by atoms with Crippen LogP contribution in [0.15, 0.2) is 71.9 Å². The van der Waals surface area contributed by atoms with Crippen LogP contribution in [0.5, 0.6) is 0 Å². The molecule has 2 aromatic heterocycles. The van der Waals surface area contributed by atoms with Gasteiger partial charge in [-0.05, 0) is 42.0 Å². The van der Waals surface area contributed by atoms with Gasteiger partial charge in [0.1, 0.15) is 11.8 Å². The molecule has 0 bridgehead atoms. The summed E-state index contributed by atoms with van der Waals surface area (Å²) in [6, 6.07) is 17.9. The minimum atomic E-state index is -1.02. The number of fused-ring (bicyclic) bond motifs is 1. The Morgan fingerprint density at radius 2 is 1.83 bits per heavy atom. The number of anilines is 2. The van der Waals surface area contributed by atoms with E-state index in [1.54, 1.807) is 42.7 Å². The molecule has 0 radical (unpaired) electrons. The van der Waals surface area contributed by atoms with Crippen LogP contribution in [0.2, 0.25) is 0 Å². The van der Waals surface area contributed by atoms with E-state index in [0.717, 1.165) is 22.0 Å². The minimum Gasteiger partial charge on any atom is -0.478 e. The highest BCUT2D eigenvalue weighted by Gasteiger charge is 2.13. The number of carboxylic acid groups (broad SMARTS) is 1. The number of nitriles is 1. The first-order valence-corrected chi connectivity index (χ1v) is 9.09. The Morgan fingerprint density at radius 1 is 1.03 bits per heavy atom. The van der Waals surface area contributed by atoms with E-state index < -0.39 is 5.97 Å². The molecule has 0 aliphatic rings. The van der Waals surface area contributed by atoms with E-state index in [1.807, 2.05) is 30.3 Å². The summed E-state index contributed by atoms with van der Waals surface area (Å²) in [6.45, 7) is 0. The molecular weight excluding hydrogens is 384 g/mol. The molecule has 0 aliphatic carbocycles. The fraction of sp³-hybridized carbons (Fsp3) is 0. The van der Waals surface area contributed by atoms with Gasteiger partial charge in [-0.25, -0.2) is 9.78 Å². The number of aromatic nitrogens is 2. The molecule has 2 heterocycles. The Hall–Kier alpha value is -3.89. The molecule has 0 aliphatic heterocycles. The third-order valence-corrected chi connectivity index (χ3v) is 4.82. The standard InChI is InChI=1S/C22H14N4O2S/c23-10-15-7-5-14(11-24-15)13-6-8-18-17(9-13)21(20(29)12-25-18)26-19-4-2-1-3-16(19)22(27)28/h1-9,11-12,29H,(H,25,26)(H,27,28). The highest BCUT2D eigenvalue weighted by atomic mass is 32.1. The van der Waals surface area contributed by atoms with Gasteiger partial charge >= 0.3 is 5.97 Å². The first-order chi connectivity index (χ1) is 14.1. The molecule has 2 aromatic carbocycles. The summed E-state index contributed by atoms with van der Waals surface area (Å²) >= 11 is 4.52. The van der Waals surface area contributed by atoms with E-state index in [2.05, 4.69) is 27.9 Å². The molecule has 0 fully saturated rings. The largest absolute Gasteiger partial charge is 0.478 e. The number of hydrogen-bond acceptors (Lipinski definition) is 6. The average molecular weight is 398 g/mol. The Balaban J connectivity index is 1.84. The highest BCUT2D eigenvalue weighted by molar-refractivity contribution is 7.80. The molecule has 6 nitrogen and oxygen atoms in total. The molecule has 4 rings (SSSR count). The van der Waals surface area contributed by atoms with E-state index in [9.17, 15) is 9.90 Å². The van der Waals surface area contributed by atoms with Crippen LogP contribution in [0.25, 0.3) is 22.0 Å². The summed E-state index contributed by atoms with van der Waals surface area (Å²) in [5.74, 6) is -1.02. The van der Waals surface area contributed by atoms with Crippen molar-refractivity contribution in [1.29, 1.82) is 5.26 Å². The Kier molecular flexibility index (Phi) is 4.85. The van der Waals surface area contributed by atoms with Gasteiger partial charge in [0.05, 0.1) is 22.5 Å². The zero-order valence-corrected chi connectivity index (χ0v) is 15.9. The third-order valence-electron chi connectivity index (χ3n) is 4.48. The Morgan fingerprint density at radius 3 is 2.55 bits per heavy atom. The lowest BCUT2D eigenvalue weighted by atomic mass is 10.0. The van der Waals surface area contributed by atoms with E-state index >= 15 is 0 Å². The lowest BCUT2D eigenvalue weighted by Crippen LogP contribution is -2.03. The number of para-hydroxylation sites is 1. The van der Waals surface area contributed by atoms with Crippen molar-refractivity contribution >= 4 is 40.9 Å². The fourth-order valence-corrected chi connectivity index (χ4v) is 3.27. The number of nitrogens with zero attached hydrogens (tertiary/aromatic N) is 3. The van der Waals surface area contributed by atoms with Crippen LogP contribution >= 0.6 is 12.6 Å². The maximum atomic E-state index is 11.6. The second-order valence-corrected chi connectivity index (χ2v) is 6.75. The van der Waals surface area contributed by atoms with E-state index in [4.69, 9.17) is 5.26 Å². The molecule has 2 N–H and O–H groups in total. The number of benzene rings is 2. The highest BCUT2D eigenvalue weighted by Crippen LogP contribution is 2.34. The predicted molar refractivity (Wildman–Crippen MR) is 114 cm³/mol. The van der Waals surface area contributed by atoms with Crippen LogP contribution in [0, 0.1) is 11.3 Å². The first kappa shape index (κ1) is 18.5. The number of pyridine rings is 2. The molecular formula is C22H14N4O2S. The van der Waals surface area contributed by atoms with Gasteiger partial charge in [-0.3, -0.25) is 4.98 Å². The monoisotopic (exact) mass is 398 g/mol. The van der Waals surface area contributed by atoms with Gasteiger partial charge in [0.2, 0.25) is 0 Å². The quantitative estimate of drug-likeness (QED) is 0.423. The van der Waals surface area contributed by atoms with E-state index in [-0.39, 0.29) is 5.56 Å². The molecule has 0 unspecified atom stereocenters. The molecule has 0 saturated heterocycles. The molecule has 7 heteroatoms. The summed E-state index contributed by atoms with van der Waals surface area (Å²) in [5.41, 5.74) is 4.13. The van der Waals surface area contributed by atoms with Crippen LogP contribution in [0.1, 0.15) is 16.1 Å². The SMILES string of the molecule is N#Cc1ccc(-c2ccc3ncc(S)c(Nc4ccccc4C(=O)O)c3c2)cn1. The zero-order chi connectivity index (χ0) is 20.4. The Labute approximate surface area is 171 Å². The van der Waals surface area contributed by atoms with Crippen LogP contribution < -0.4 is 5.32 Å². The van der Waals surface area contributed by atoms with Crippen molar-refractivity contribution in [2.45, 2.75) is 4.90 Å². The summed E-state index contributed by atoms with van der Waals surface area (Å²) in [5, 5.41) is 22.4. The van der Waals surface area contributed by atoms with Gasteiger partial charge in [-0.1, -0.05) is 18.2 Å². The molecule has 0 spiro atoms. The molecule has 0 amide bonds. The van der Waals surface area contributed by atoms with Gasteiger partial charge in [-0.15, -0.1) is 12.6 Å². The lowest BCUT2D eigenvalue weighted by molar-refractivity contribution is 0.0698. The second-order valence-electron chi connectivity index (χ2n) is 6.27. The van der Waals surface area contributed by atoms with Gasteiger partial charge in [-0.2, -0.15) is 5.26 Å². The first-order valence-electron chi connectivity index (χ1n) is 8.64. The number of rotatable bonds is 4. The molecule has 4 aromatic rings. The maximum absolute atomic E-state index is 11.6. The predicted octanol–water partition coefficient (Wildman–Crippen LogP) is 4.90. The van der Waals surface area contributed by atoms with Gasteiger partial charge in [0.25, 0.3) is 0 Å². The number of hydrogen-bond donors (Lipinski definition) is 3. The van der Waals surface area contributed by atoms with Gasteiger partial charge < -0.3 is 10.4 Å². The molecule has 140 valence electrons. The van der Waals surface area contributed by atoms with E-state index in [1.165, 1.54) is 0 Å². The van der Waals surface area contributed by atoms with Crippen LogP contribution in [0.4, 0.5) is 11.4 Å². The molecule has 0 saturated carbocycles. The molecule has 0 atom stereocenters. The lowest BCUT2D eigenvalue weighted by Gasteiger charge is -2.15. The van der Waals surface area contributed by atoms with Crippen molar-refractivity contribution in [2.24, 2.45) is 0 Å². The van der Waals surface area contributed by atoms with Crippen LogP contribution in [-0.4, -0.2) is 21.0 Å². The normalized spacial score (nSPS) is 10.5. The summed E-state index contributed by atoms with van der Waals surface area (Å²) in [7, 11) is 0. The van der Waals surface area contributed by atoms with Crippen molar-refractivity contribution in [3.05, 3.63) is 78.2 Å². The van der Waals surface area contributed by atoms with Crippen LogP contribution in [0.3, 0.4) is 0 Å². The fourth-order valence-electron chi connectivity index (χ4n) is 3.04. The van der Waals surface area contributed by atoms with Crippen molar-refractivity contribution in [3.8, 4) is 17.2 Å². The van der Waals surface area contributed by atoms with Crippen molar-refractivity contribution in [3.63, 3.8) is 0 Å². The smallest absolute Gasteiger partial charge is 0.337 e. The summed E-state index contributed by atoms with van der Waals surface area (Å²) in [6.07, 6.45) is 3.27. The van der Waals surface area contributed by atoms with Gasteiger partial charge in [0, 0.05) is 28.2 Å². The van der Waals surface area contributed by atoms with Gasteiger partial charge in [0.15, 0.2) is 0 Å². The summed E-state index contributed by atoms with van der Waals surface area (Å²) < 4.78 is 0. The molecule has 29 heavy (non-hydrogen) atoms. The number of thiol groups is 1. The maximum Gasteiger partial charge on any atom is 0.337 e. The van der Waals surface area contributed by atoms with Crippen molar-refractivity contribution in [1.82, 2.24) is 9.97 Å². The third kappa shape index (κ3) is 3.61. The summed E-state index contributed by atoms with van der Waals surface area (Å²) in [4.78, 5) is 20.7. The van der Waals surface area contributed by atoms with E-state index in [0.29, 0.717) is 22.0 Å². The van der Waals surface area contributed by atoms with Crippen molar-refractivity contribution in [2.75, 3.05) is 5.32 Å². The minimum absolute atomic E-state index is 0.164. The zero-order valence-electron chi connectivity index (χ0n) is 15.0. The number of aromatic carboxylic acids is 1. The number of carbonyl (C=O) groups is 1. The Bertz CT molecular complexity index is 1280. The second kappa shape index (κ2) is 7.62. The average Bonchev–Trinajstić information content (AvgIpc) is 2.75. The number of nitrogens with one attached hydrogen (secondary N) is 1. The van der Waals surface area contributed by atoms with Crippen molar-refractivity contribution < 1.29 is 9.90 Å². The topological polar surface area (TPSA) is 98.9 Å². The van der Waals surface area contributed by atoms with Crippen LogP contribution in [-0.2, 0) is 0 Å².